The monoisotopic (exact) mass is 130 g/mol. The van der Waals surface area contributed by atoms with Gasteiger partial charge in [-0.3, -0.25) is 0 Å². The van der Waals surface area contributed by atoms with E-state index in [0.717, 1.165) is 0 Å². The lowest BCUT2D eigenvalue weighted by Gasteiger charge is -1.76. The lowest BCUT2D eigenvalue weighted by atomic mass is 10.8. The molecule has 52 valence electrons. The zero-order valence-electron chi connectivity index (χ0n) is 5.26. The van der Waals surface area contributed by atoms with Crippen LogP contribution in [0.4, 0.5) is 4.79 Å². The quantitative estimate of drug-likeness (QED) is 0.460. The molecule has 0 aliphatic carbocycles. The fourth-order valence-electron chi connectivity index (χ4n) is 0.0833. The van der Waals surface area contributed by atoms with E-state index in [0.29, 0.717) is 6.61 Å². The summed E-state index contributed by atoms with van der Waals surface area (Å²) in [4.78, 5) is 9.00. The van der Waals surface area contributed by atoms with Crippen LogP contribution in [0.5, 0.6) is 0 Å². The van der Waals surface area contributed by atoms with Crippen molar-refractivity contribution in [3.05, 3.63) is 0 Å². The third kappa shape index (κ3) is 250. The molecule has 0 radical (unpaired) electrons. The number of hydrogen-bond donors (Lipinski definition) is 2. The van der Waals surface area contributed by atoms with Crippen molar-refractivity contribution in [2.45, 2.75) is 0 Å². The maximum absolute atomic E-state index is 9.00. The zero-order valence-corrected chi connectivity index (χ0v) is 5.26. The summed E-state index contributed by atoms with van der Waals surface area (Å²) in [5.74, 6) is 2.30. The molecule has 0 fully saturated rings. The molecule has 0 aliphatic rings. The Bertz CT molecular complexity index is 102. The van der Waals surface area contributed by atoms with E-state index in [4.69, 9.17) is 11.2 Å². The number of amides is 2. The van der Waals surface area contributed by atoms with Gasteiger partial charge in [0.25, 0.3) is 0 Å². The fourth-order valence-corrected chi connectivity index (χ4v) is 0.0833. The fraction of sp³-hybridized carbons (Fsp3) is 0.400. The molecule has 0 saturated carbocycles. The minimum atomic E-state index is -0.833. The van der Waals surface area contributed by atoms with Crippen molar-refractivity contribution in [2.75, 3.05) is 13.7 Å². The maximum Gasteiger partial charge on any atom is 0.309 e. The van der Waals surface area contributed by atoms with Crippen LogP contribution in [0.3, 0.4) is 0 Å². The van der Waals surface area contributed by atoms with E-state index in [1.54, 1.807) is 7.11 Å². The van der Waals surface area contributed by atoms with Crippen LogP contribution in [0.1, 0.15) is 0 Å². The number of rotatable bonds is 1. The topological polar surface area (TPSA) is 78.3 Å². The SMILES string of the molecule is C#CCOC.NC(N)=O. The molecular weight excluding hydrogens is 120 g/mol. The number of ether oxygens (including phenoxy) is 1. The van der Waals surface area contributed by atoms with Crippen molar-refractivity contribution in [1.29, 1.82) is 0 Å². The number of primary amides is 2. The minimum Gasteiger partial charge on any atom is -0.372 e. The second-order valence-electron chi connectivity index (χ2n) is 1.04. The molecule has 0 rings (SSSR count). The van der Waals surface area contributed by atoms with E-state index >= 15 is 0 Å². The summed E-state index contributed by atoms with van der Waals surface area (Å²) in [6.45, 7) is 0.417. The Labute approximate surface area is 54.2 Å². The highest BCUT2D eigenvalue weighted by Gasteiger charge is 1.60. The average molecular weight is 130 g/mol. The third-order valence-electron chi connectivity index (χ3n) is 0.228. The van der Waals surface area contributed by atoms with Crippen molar-refractivity contribution in [1.82, 2.24) is 0 Å². The first-order valence-electron chi connectivity index (χ1n) is 2.12. The van der Waals surface area contributed by atoms with Gasteiger partial charge in [-0.25, -0.2) is 4.79 Å². The molecule has 4 N–H and O–H groups in total. The highest BCUT2D eigenvalue weighted by molar-refractivity contribution is 5.69. The molecule has 4 heteroatoms. The Hall–Kier alpha value is -1.21. The van der Waals surface area contributed by atoms with Crippen LogP contribution in [0, 0.1) is 12.3 Å². The summed E-state index contributed by atoms with van der Waals surface area (Å²) in [6, 6.07) is -0.833. The standard InChI is InChI=1S/C4H6O.CH4N2O/c1-3-4-5-2;2-1(3)4/h1H,4H2,2H3;(H4,2,3,4). The molecule has 0 aromatic carbocycles. The van der Waals surface area contributed by atoms with Gasteiger partial charge in [0.1, 0.15) is 6.61 Å². The highest BCUT2D eigenvalue weighted by atomic mass is 16.5. The Morgan fingerprint density at radius 1 is 1.78 bits per heavy atom. The van der Waals surface area contributed by atoms with Crippen LogP contribution in [0.25, 0.3) is 0 Å². The van der Waals surface area contributed by atoms with E-state index in [1.165, 1.54) is 0 Å². The minimum absolute atomic E-state index is 0.417. The molecule has 9 heavy (non-hydrogen) atoms. The van der Waals surface area contributed by atoms with Gasteiger partial charge in [-0.05, 0) is 0 Å². The smallest absolute Gasteiger partial charge is 0.309 e. The van der Waals surface area contributed by atoms with Gasteiger partial charge in [0.15, 0.2) is 0 Å². The van der Waals surface area contributed by atoms with Crippen molar-refractivity contribution in [3.8, 4) is 12.3 Å². The van der Waals surface area contributed by atoms with Crippen LogP contribution in [-0.4, -0.2) is 19.7 Å². The zero-order chi connectivity index (χ0) is 7.70. The predicted octanol–water partition coefficient (Wildman–Crippen LogP) is -0.710. The van der Waals surface area contributed by atoms with Crippen molar-refractivity contribution in [3.63, 3.8) is 0 Å². The van der Waals surface area contributed by atoms with Gasteiger partial charge in [-0.15, -0.1) is 6.42 Å². The normalized spacial score (nSPS) is 6.22. The lowest BCUT2D eigenvalue weighted by Crippen LogP contribution is -2.18. The molecule has 0 bridgehead atoms. The predicted molar refractivity (Wildman–Crippen MR) is 34.5 cm³/mol. The highest BCUT2D eigenvalue weighted by Crippen LogP contribution is 1.53. The number of methoxy groups -OCH3 is 1. The van der Waals surface area contributed by atoms with Crippen LogP contribution >= 0.6 is 0 Å². The second-order valence-corrected chi connectivity index (χ2v) is 1.04. The van der Waals surface area contributed by atoms with Gasteiger partial charge in [-0.2, -0.15) is 0 Å². The van der Waals surface area contributed by atoms with E-state index < -0.39 is 6.03 Å². The van der Waals surface area contributed by atoms with Crippen LogP contribution in [0.15, 0.2) is 0 Å². The molecule has 0 heterocycles. The van der Waals surface area contributed by atoms with E-state index in [1.807, 2.05) is 0 Å². The number of carbonyl (C=O) groups excluding carboxylic acids is 1. The lowest BCUT2D eigenvalue weighted by molar-refractivity contribution is 0.240. The Morgan fingerprint density at radius 2 is 2.11 bits per heavy atom. The molecule has 4 nitrogen and oxygen atoms in total. The van der Waals surface area contributed by atoms with Crippen molar-refractivity contribution in [2.24, 2.45) is 11.5 Å². The molecular formula is C5H10N2O2. The number of carbonyl (C=O) groups is 1. The van der Waals surface area contributed by atoms with Gasteiger partial charge >= 0.3 is 6.03 Å². The van der Waals surface area contributed by atoms with Crippen LogP contribution in [0.2, 0.25) is 0 Å². The Morgan fingerprint density at radius 3 is 2.11 bits per heavy atom. The first-order chi connectivity index (χ1) is 4.15. The average Bonchev–Trinajstić information content (AvgIpc) is 1.66. The van der Waals surface area contributed by atoms with Crippen LogP contribution in [-0.2, 0) is 4.74 Å². The number of terminal acetylenes is 1. The van der Waals surface area contributed by atoms with Crippen molar-refractivity contribution < 1.29 is 9.53 Å². The summed E-state index contributed by atoms with van der Waals surface area (Å²) in [5, 5.41) is 0. The summed E-state index contributed by atoms with van der Waals surface area (Å²) < 4.78 is 4.45. The van der Waals surface area contributed by atoms with Gasteiger partial charge in [-0.1, -0.05) is 5.92 Å². The summed E-state index contributed by atoms with van der Waals surface area (Å²) >= 11 is 0. The molecule has 0 atom stereocenters. The molecule has 2 amide bonds. The Kier molecular flexibility index (Phi) is 11.8. The Balaban J connectivity index is 0. The second kappa shape index (κ2) is 9.92. The van der Waals surface area contributed by atoms with E-state index in [-0.39, 0.29) is 0 Å². The van der Waals surface area contributed by atoms with E-state index in [9.17, 15) is 0 Å². The van der Waals surface area contributed by atoms with Gasteiger partial charge < -0.3 is 16.2 Å². The molecule has 0 unspecified atom stereocenters. The van der Waals surface area contributed by atoms with Crippen molar-refractivity contribution >= 4 is 6.03 Å². The number of urea groups is 1. The number of nitrogens with two attached hydrogens (primary N) is 2. The molecule has 0 aliphatic heterocycles. The van der Waals surface area contributed by atoms with Crippen LogP contribution < -0.4 is 11.5 Å². The third-order valence-corrected chi connectivity index (χ3v) is 0.228. The largest absolute Gasteiger partial charge is 0.372 e. The summed E-state index contributed by atoms with van der Waals surface area (Å²) in [6.07, 6.45) is 4.76. The number of hydrogen-bond acceptors (Lipinski definition) is 2. The first kappa shape index (κ1) is 10.7. The van der Waals surface area contributed by atoms with Gasteiger partial charge in [0, 0.05) is 7.11 Å². The first-order valence-corrected chi connectivity index (χ1v) is 2.12. The van der Waals surface area contributed by atoms with Gasteiger partial charge in [0.2, 0.25) is 0 Å². The summed E-state index contributed by atoms with van der Waals surface area (Å²) in [7, 11) is 1.57. The molecule has 0 aromatic heterocycles. The molecule has 0 spiro atoms. The maximum atomic E-state index is 9.00. The molecule has 0 aromatic rings. The van der Waals surface area contributed by atoms with E-state index in [2.05, 4.69) is 22.1 Å². The molecule has 0 saturated heterocycles. The summed E-state index contributed by atoms with van der Waals surface area (Å²) in [5.41, 5.74) is 8.50. The van der Waals surface area contributed by atoms with Gasteiger partial charge in [0.05, 0.1) is 0 Å².